The molecular formula is C19H17NO3. The van der Waals surface area contributed by atoms with Crippen molar-refractivity contribution >= 4 is 16.9 Å². The second-order valence-corrected chi connectivity index (χ2v) is 5.03. The Morgan fingerprint density at radius 3 is 2.57 bits per heavy atom. The summed E-state index contributed by atoms with van der Waals surface area (Å²) in [6.07, 6.45) is 0. The van der Waals surface area contributed by atoms with Crippen molar-refractivity contribution in [2.45, 2.75) is 6.92 Å². The van der Waals surface area contributed by atoms with Crippen LogP contribution < -0.4 is 4.74 Å². The minimum Gasteiger partial charge on any atom is -0.496 e. The Kier molecular flexibility index (Phi) is 4.24. The standard InChI is InChI=1S/C19H17NO3/c1-3-23-19(21)15-11-14-9-10-16(13-7-5-4-6-8-13)20-17(14)12-18(15)22-2/h4-12H,3H2,1-2H3. The fraction of sp³-hybridized carbons (Fsp3) is 0.158. The Bertz CT molecular complexity index is 844. The van der Waals surface area contributed by atoms with Gasteiger partial charge in [0.2, 0.25) is 0 Å². The number of carbonyl (C=O) groups is 1. The SMILES string of the molecule is CCOC(=O)c1cc2ccc(-c3ccccc3)nc2cc1OC. The lowest BCUT2D eigenvalue weighted by Gasteiger charge is -2.10. The molecule has 0 bridgehead atoms. The molecule has 0 aliphatic carbocycles. The van der Waals surface area contributed by atoms with Gasteiger partial charge in [0.05, 0.1) is 24.9 Å². The van der Waals surface area contributed by atoms with Gasteiger partial charge in [-0.1, -0.05) is 36.4 Å². The number of carbonyl (C=O) groups excluding carboxylic acids is 1. The molecule has 1 aromatic heterocycles. The van der Waals surface area contributed by atoms with Crippen LogP contribution >= 0.6 is 0 Å². The molecule has 0 unspecified atom stereocenters. The Hall–Kier alpha value is -2.88. The molecule has 0 aliphatic heterocycles. The lowest BCUT2D eigenvalue weighted by Crippen LogP contribution is -2.07. The van der Waals surface area contributed by atoms with Crippen LogP contribution in [0.15, 0.2) is 54.6 Å². The third kappa shape index (κ3) is 3.01. The number of methoxy groups -OCH3 is 1. The number of hydrogen-bond acceptors (Lipinski definition) is 4. The number of benzene rings is 2. The number of ether oxygens (including phenoxy) is 2. The summed E-state index contributed by atoms with van der Waals surface area (Å²) < 4.78 is 10.4. The van der Waals surface area contributed by atoms with Crippen LogP contribution in [0.4, 0.5) is 0 Å². The van der Waals surface area contributed by atoms with Crippen LogP contribution in [0.3, 0.4) is 0 Å². The van der Waals surface area contributed by atoms with Gasteiger partial charge in [0.15, 0.2) is 0 Å². The zero-order valence-electron chi connectivity index (χ0n) is 13.1. The van der Waals surface area contributed by atoms with Gasteiger partial charge in [-0.3, -0.25) is 0 Å². The molecule has 0 atom stereocenters. The molecule has 23 heavy (non-hydrogen) atoms. The van der Waals surface area contributed by atoms with Crippen LogP contribution in [0.5, 0.6) is 5.75 Å². The number of fused-ring (bicyclic) bond motifs is 1. The second-order valence-electron chi connectivity index (χ2n) is 5.03. The second kappa shape index (κ2) is 6.48. The molecule has 3 rings (SSSR count). The van der Waals surface area contributed by atoms with Crippen molar-refractivity contribution in [2.24, 2.45) is 0 Å². The number of aromatic nitrogens is 1. The van der Waals surface area contributed by atoms with Gasteiger partial charge in [0.1, 0.15) is 11.3 Å². The number of rotatable bonds is 4. The molecule has 1 heterocycles. The summed E-state index contributed by atoms with van der Waals surface area (Å²) >= 11 is 0. The highest BCUT2D eigenvalue weighted by molar-refractivity contribution is 5.98. The molecule has 4 nitrogen and oxygen atoms in total. The Morgan fingerprint density at radius 1 is 1.09 bits per heavy atom. The maximum Gasteiger partial charge on any atom is 0.341 e. The lowest BCUT2D eigenvalue weighted by molar-refractivity contribution is 0.0523. The van der Waals surface area contributed by atoms with Crippen LogP contribution in [-0.4, -0.2) is 24.7 Å². The van der Waals surface area contributed by atoms with E-state index in [0.29, 0.717) is 17.9 Å². The third-order valence-electron chi connectivity index (χ3n) is 3.58. The fourth-order valence-electron chi connectivity index (χ4n) is 2.46. The summed E-state index contributed by atoms with van der Waals surface area (Å²) in [6.45, 7) is 2.10. The van der Waals surface area contributed by atoms with Crippen molar-refractivity contribution in [3.05, 3.63) is 60.2 Å². The summed E-state index contributed by atoms with van der Waals surface area (Å²) in [5.41, 5.74) is 3.11. The molecular weight excluding hydrogens is 290 g/mol. The molecule has 116 valence electrons. The van der Waals surface area contributed by atoms with E-state index in [2.05, 4.69) is 4.98 Å². The van der Waals surface area contributed by atoms with Crippen molar-refractivity contribution in [1.29, 1.82) is 0 Å². The maximum absolute atomic E-state index is 12.0. The van der Waals surface area contributed by atoms with Crippen LogP contribution in [0.25, 0.3) is 22.2 Å². The van der Waals surface area contributed by atoms with E-state index in [1.165, 1.54) is 7.11 Å². The first kappa shape index (κ1) is 15.0. The highest BCUT2D eigenvalue weighted by atomic mass is 16.5. The number of nitrogens with zero attached hydrogens (tertiary/aromatic N) is 1. The molecule has 0 radical (unpaired) electrons. The van der Waals surface area contributed by atoms with E-state index in [1.54, 1.807) is 19.1 Å². The molecule has 0 saturated heterocycles. The molecule has 4 heteroatoms. The van der Waals surface area contributed by atoms with E-state index in [-0.39, 0.29) is 0 Å². The van der Waals surface area contributed by atoms with Gasteiger partial charge in [0, 0.05) is 17.0 Å². The fourth-order valence-corrected chi connectivity index (χ4v) is 2.46. The molecule has 0 amide bonds. The first-order valence-corrected chi connectivity index (χ1v) is 7.44. The maximum atomic E-state index is 12.0. The number of pyridine rings is 1. The van der Waals surface area contributed by atoms with Crippen LogP contribution in [0.2, 0.25) is 0 Å². The Balaban J connectivity index is 2.10. The predicted molar refractivity (Wildman–Crippen MR) is 89.7 cm³/mol. The van der Waals surface area contributed by atoms with Crippen LogP contribution in [0, 0.1) is 0 Å². The molecule has 0 spiro atoms. The molecule has 0 fully saturated rings. The zero-order chi connectivity index (χ0) is 16.2. The van der Waals surface area contributed by atoms with E-state index in [0.717, 1.165) is 22.2 Å². The third-order valence-corrected chi connectivity index (χ3v) is 3.58. The average Bonchev–Trinajstić information content (AvgIpc) is 2.61. The highest BCUT2D eigenvalue weighted by Crippen LogP contribution is 2.28. The summed E-state index contributed by atoms with van der Waals surface area (Å²) in [6, 6.07) is 17.4. The van der Waals surface area contributed by atoms with Gasteiger partial charge >= 0.3 is 5.97 Å². The average molecular weight is 307 g/mol. The van der Waals surface area contributed by atoms with Crippen molar-refractivity contribution in [1.82, 2.24) is 4.98 Å². The van der Waals surface area contributed by atoms with E-state index in [4.69, 9.17) is 9.47 Å². The van der Waals surface area contributed by atoms with Crippen LogP contribution in [-0.2, 0) is 4.74 Å². The zero-order valence-corrected chi connectivity index (χ0v) is 13.1. The van der Waals surface area contributed by atoms with Crippen molar-refractivity contribution in [3.8, 4) is 17.0 Å². The van der Waals surface area contributed by atoms with Crippen molar-refractivity contribution in [3.63, 3.8) is 0 Å². The minimum atomic E-state index is -0.390. The van der Waals surface area contributed by atoms with Gasteiger partial charge in [-0.2, -0.15) is 0 Å². The molecule has 2 aromatic carbocycles. The monoisotopic (exact) mass is 307 g/mol. The summed E-state index contributed by atoms with van der Waals surface area (Å²) in [4.78, 5) is 16.7. The lowest BCUT2D eigenvalue weighted by atomic mass is 10.1. The smallest absolute Gasteiger partial charge is 0.341 e. The van der Waals surface area contributed by atoms with Crippen molar-refractivity contribution in [2.75, 3.05) is 13.7 Å². The van der Waals surface area contributed by atoms with Crippen LogP contribution in [0.1, 0.15) is 17.3 Å². The minimum absolute atomic E-state index is 0.325. The quantitative estimate of drug-likeness (QED) is 0.681. The first-order valence-electron chi connectivity index (χ1n) is 7.44. The van der Waals surface area contributed by atoms with E-state index in [9.17, 15) is 4.79 Å². The van der Waals surface area contributed by atoms with Gasteiger partial charge < -0.3 is 9.47 Å². The number of esters is 1. The van der Waals surface area contributed by atoms with Gasteiger partial charge in [-0.15, -0.1) is 0 Å². The Morgan fingerprint density at radius 2 is 1.87 bits per heavy atom. The summed E-state index contributed by atoms with van der Waals surface area (Å²) in [5, 5.41) is 0.869. The summed E-state index contributed by atoms with van der Waals surface area (Å²) in [5.74, 6) is 0.0760. The van der Waals surface area contributed by atoms with E-state index >= 15 is 0 Å². The van der Waals surface area contributed by atoms with E-state index < -0.39 is 5.97 Å². The number of hydrogen-bond donors (Lipinski definition) is 0. The predicted octanol–water partition coefficient (Wildman–Crippen LogP) is 4.09. The van der Waals surface area contributed by atoms with Crippen molar-refractivity contribution < 1.29 is 14.3 Å². The largest absolute Gasteiger partial charge is 0.496 e. The first-order chi connectivity index (χ1) is 11.2. The topological polar surface area (TPSA) is 48.4 Å². The van der Waals surface area contributed by atoms with Gasteiger partial charge in [0.25, 0.3) is 0 Å². The normalized spacial score (nSPS) is 10.5. The Labute approximate surface area is 134 Å². The molecule has 0 aliphatic rings. The van der Waals surface area contributed by atoms with Gasteiger partial charge in [-0.25, -0.2) is 9.78 Å². The van der Waals surface area contributed by atoms with E-state index in [1.807, 2.05) is 42.5 Å². The van der Waals surface area contributed by atoms with Gasteiger partial charge in [-0.05, 0) is 19.1 Å². The summed E-state index contributed by atoms with van der Waals surface area (Å²) in [7, 11) is 1.53. The molecule has 0 N–H and O–H groups in total. The molecule has 0 saturated carbocycles. The highest BCUT2D eigenvalue weighted by Gasteiger charge is 2.15. The molecule has 3 aromatic rings.